The molecule has 6 heteroatoms. The fraction of sp³-hybridized carbons (Fsp3) is 0.333. The fourth-order valence-electron chi connectivity index (χ4n) is 1.44. The normalized spacial score (nSPS) is 11.3. The van der Waals surface area contributed by atoms with E-state index in [4.69, 9.17) is 10.2 Å². The number of carboxylic acid groups (broad SMARTS) is 2. The fourth-order valence-corrected chi connectivity index (χ4v) is 1.44. The summed E-state index contributed by atoms with van der Waals surface area (Å²) >= 11 is 0. The van der Waals surface area contributed by atoms with Crippen LogP contribution < -0.4 is 0 Å². The number of hydrogen-bond acceptors (Lipinski definition) is 2. The molecule has 0 aromatic heterocycles. The number of carbonyl (C=O) groups is 2. The first kappa shape index (κ1) is 14.1. The lowest BCUT2D eigenvalue weighted by atomic mass is 9.85. The van der Waals surface area contributed by atoms with E-state index in [1.165, 1.54) is 13.8 Å². The Morgan fingerprint density at radius 3 is 2.17 bits per heavy atom. The van der Waals surface area contributed by atoms with Crippen molar-refractivity contribution in [3.63, 3.8) is 0 Å². The van der Waals surface area contributed by atoms with E-state index in [-0.39, 0.29) is 12.0 Å². The van der Waals surface area contributed by atoms with E-state index in [0.29, 0.717) is 0 Å². The molecule has 0 aliphatic heterocycles. The van der Waals surface area contributed by atoms with E-state index in [9.17, 15) is 18.4 Å². The Morgan fingerprint density at radius 2 is 1.72 bits per heavy atom. The van der Waals surface area contributed by atoms with Crippen molar-refractivity contribution in [2.45, 2.75) is 20.3 Å². The van der Waals surface area contributed by atoms with E-state index in [0.717, 1.165) is 12.1 Å². The molecule has 4 nitrogen and oxygen atoms in total. The van der Waals surface area contributed by atoms with Gasteiger partial charge in [0.1, 0.15) is 0 Å². The quantitative estimate of drug-likeness (QED) is 0.869. The van der Waals surface area contributed by atoms with Crippen molar-refractivity contribution in [2.75, 3.05) is 0 Å². The molecule has 98 valence electrons. The molecule has 1 aromatic rings. The molecule has 0 spiro atoms. The van der Waals surface area contributed by atoms with Crippen LogP contribution in [0.15, 0.2) is 12.1 Å². The number of benzene rings is 1. The van der Waals surface area contributed by atoms with Crippen LogP contribution in [-0.4, -0.2) is 22.2 Å². The zero-order chi connectivity index (χ0) is 14.1. The standard InChI is InChI=1S/C12H12F2O4/c1-12(2,11(17)18)5-6-3-4-7(10(15)16)9(14)8(6)13/h3-4H,5H2,1-2H3,(H,15,16)(H,17,18). The summed E-state index contributed by atoms with van der Waals surface area (Å²) in [5, 5.41) is 17.5. The molecule has 2 N–H and O–H groups in total. The Labute approximate surface area is 102 Å². The summed E-state index contributed by atoms with van der Waals surface area (Å²) in [6.45, 7) is 2.75. The minimum absolute atomic E-state index is 0.162. The first-order valence-corrected chi connectivity index (χ1v) is 5.10. The molecule has 0 saturated carbocycles. The topological polar surface area (TPSA) is 74.6 Å². The second-order valence-corrected chi connectivity index (χ2v) is 4.57. The van der Waals surface area contributed by atoms with Gasteiger partial charge in [-0.2, -0.15) is 0 Å². The van der Waals surface area contributed by atoms with Crippen LogP contribution in [0.2, 0.25) is 0 Å². The number of aliphatic carboxylic acids is 1. The van der Waals surface area contributed by atoms with Crippen LogP contribution in [0.3, 0.4) is 0 Å². The van der Waals surface area contributed by atoms with Gasteiger partial charge in [-0.3, -0.25) is 4.79 Å². The molecule has 0 unspecified atom stereocenters. The van der Waals surface area contributed by atoms with Crippen molar-refractivity contribution < 1.29 is 28.6 Å². The summed E-state index contributed by atoms with van der Waals surface area (Å²) in [6, 6.07) is 2.01. The molecule has 0 heterocycles. The third kappa shape index (κ3) is 2.64. The average molecular weight is 258 g/mol. The Hall–Kier alpha value is -1.98. The lowest BCUT2D eigenvalue weighted by Gasteiger charge is -2.19. The van der Waals surface area contributed by atoms with Crippen molar-refractivity contribution >= 4 is 11.9 Å². The van der Waals surface area contributed by atoms with Crippen LogP contribution in [0.1, 0.15) is 29.8 Å². The molecule has 0 radical (unpaired) electrons. The van der Waals surface area contributed by atoms with Gasteiger partial charge in [0, 0.05) is 0 Å². The van der Waals surface area contributed by atoms with Gasteiger partial charge in [0.25, 0.3) is 0 Å². The lowest BCUT2D eigenvalue weighted by Crippen LogP contribution is -2.27. The van der Waals surface area contributed by atoms with E-state index in [1.807, 2.05) is 0 Å². The van der Waals surface area contributed by atoms with Gasteiger partial charge in [-0.05, 0) is 31.9 Å². The SMILES string of the molecule is CC(C)(Cc1ccc(C(=O)O)c(F)c1F)C(=O)O. The average Bonchev–Trinajstić information content (AvgIpc) is 2.24. The summed E-state index contributed by atoms with van der Waals surface area (Å²) < 4.78 is 27.0. The highest BCUT2D eigenvalue weighted by molar-refractivity contribution is 5.88. The largest absolute Gasteiger partial charge is 0.481 e. The Kier molecular flexibility index (Phi) is 3.69. The number of halogens is 2. The predicted octanol–water partition coefficient (Wildman–Crippen LogP) is 2.32. The van der Waals surface area contributed by atoms with Crippen LogP contribution in [0.25, 0.3) is 0 Å². The summed E-state index contributed by atoms with van der Waals surface area (Å²) in [5.74, 6) is -5.51. The predicted molar refractivity (Wildman–Crippen MR) is 58.4 cm³/mol. The maximum absolute atomic E-state index is 13.6. The third-order valence-electron chi connectivity index (χ3n) is 2.60. The van der Waals surface area contributed by atoms with Gasteiger partial charge in [0.05, 0.1) is 11.0 Å². The van der Waals surface area contributed by atoms with Crippen LogP contribution in [0.5, 0.6) is 0 Å². The molecule has 0 saturated heterocycles. The Balaban J connectivity index is 3.18. The third-order valence-corrected chi connectivity index (χ3v) is 2.60. The van der Waals surface area contributed by atoms with Gasteiger partial charge < -0.3 is 10.2 Å². The molecule has 0 aliphatic carbocycles. The zero-order valence-corrected chi connectivity index (χ0v) is 9.83. The highest BCUT2D eigenvalue weighted by atomic mass is 19.2. The highest BCUT2D eigenvalue weighted by Gasteiger charge is 2.30. The van der Waals surface area contributed by atoms with Crippen LogP contribution >= 0.6 is 0 Å². The second-order valence-electron chi connectivity index (χ2n) is 4.57. The minimum atomic E-state index is -1.57. The van der Waals surface area contributed by atoms with Crippen LogP contribution in [0, 0.1) is 17.0 Å². The summed E-state index contributed by atoms with van der Waals surface area (Å²) in [4.78, 5) is 21.5. The number of rotatable bonds is 4. The molecule has 18 heavy (non-hydrogen) atoms. The van der Waals surface area contributed by atoms with Crippen molar-refractivity contribution in [2.24, 2.45) is 5.41 Å². The molecular formula is C12H12F2O4. The number of aromatic carboxylic acids is 1. The molecule has 1 aromatic carbocycles. The van der Waals surface area contributed by atoms with Gasteiger partial charge >= 0.3 is 11.9 Å². The van der Waals surface area contributed by atoms with Crippen molar-refractivity contribution in [1.29, 1.82) is 0 Å². The first-order chi connectivity index (χ1) is 8.16. The molecular weight excluding hydrogens is 246 g/mol. The van der Waals surface area contributed by atoms with E-state index in [1.54, 1.807) is 0 Å². The molecule has 0 atom stereocenters. The van der Waals surface area contributed by atoms with E-state index in [2.05, 4.69) is 0 Å². The maximum Gasteiger partial charge on any atom is 0.338 e. The Bertz CT molecular complexity index is 509. The van der Waals surface area contributed by atoms with Gasteiger partial charge in [-0.25, -0.2) is 13.6 Å². The smallest absolute Gasteiger partial charge is 0.338 e. The summed E-state index contributed by atoms with van der Waals surface area (Å²) in [7, 11) is 0. The van der Waals surface area contributed by atoms with Gasteiger partial charge in [-0.1, -0.05) is 6.07 Å². The van der Waals surface area contributed by atoms with Gasteiger partial charge in [-0.15, -0.1) is 0 Å². The molecule has 1 rings (SSSR count). The monoisotopic (exact) mass is 258 g/mol. The first-order valence-electron chi connectivity index (χ1n) is 5.10. The second kappa shape index (κ2) is 4.72. The summed E-state index contributed by atoms with van der Waals surface area (Å²) in [6.07, 6.45) is -0.231. The maximum atomic E-state index is 13.6. The van der Waals surface area contributed by atoms with Gasteiger partial charge in [0.15, 0.2) is 11.6 Å². The molecule has 0 fully saturated rings. The molecule has 0 bridgehead atoms. The van der Waals surface area contributed by atoms with Crippen molar-refractivity contribution in [1.82, 2.24) is 0 Å². The van der Waals surface area contributed by atoms with Crippen LogP contribution in [0.4, 0.5) is 8.78 Å². The zero-order valence-electron chi connectivity index (χ0n) is 9.83. The molecule has 0 aliphatic rings. The summed E-state index contributed by atoms with van der Waals surface area (Å²) in [5.41, 5.74) is -2.20. The van der Waals surface area contributed by atoms with Gasteiger partial charge in [0.2, 0.25) is 0 Å². The van der Waals surface area contributed by atoms with Crippen LogP contribution in [-0.2, 0) is 11.2 Å². The van der Waals surface area contributed by atoms with Crippen molar-refractivity contribution in [3.05, 3.63) is 34.9 Å². The Morgan fingerprint density at radius 1 is 1.17 bits per heavy atom. The van der Waals surface area contributed by atoms with Crippen molar-refractivity contribution in [3.8, 4) is 0 Å². The number of hydrogen-bond donors (Lipinski definition) is 2. The molecule has 0 amide bonds. The van der Waals surface area contributed by atoms with E-state index >= 15 is 0 Å². The minimum Gasteiger partial charge on any atom is -0.481 e. The lowest BCUT2D eigenvalue weighted by molar-refractivity contribution is -0.146. The number of carboxylic acids is 2. The highest BCUT2D eigenvalue weighted by Crippen LogP contribution is 2.26. The van der Waals surface area contributed by atoms with E-state index < -0.39 is 34.6 Å².